The van der Waals surface area contributed by atoms with Crippen LogP contribution in [0.3, 0.4) is 0 Å². The van der Waals surface area contributed by atoms with E-state index < -0.39 is 0 Å². The molecule has 1 saturated heterocycles. The molecule has 7 nitrogen and oxygen atoms in total. The molecule has 0 saturated carbocycles. The van der Waals surface area contributed by atoms with Crippen LogP contribution in [0.4, 0.5) is 0 Å². The highest BCUT2D eigenvalue weighted by atomic mass is 32.1. The molecule has 0 aliphatic carbocycles. The van der Waals surface area contributed by atoms with Gasteiger partial charge in [-0.25, -0.2) is 0 Å². The maximum absolute atomic E-state index is 12.5. The number of hydrogen-bond donors (Lipinski definition) is 1. The summed E-state index contributed by atoms with van der Waals surface area (Å²) in [6, 6.07) is 1.96. The number of aromatic nitrogens is 2. The molecule has 3 rings (SSSR count). The molecule has 1 aliphatic rings. The largest absolute Gasteiger partial charge is 0.337 e. The van der Waals surface area contributed by atoms with Crippen LogP contribution in [0.25, 0.3) is 10.4 Å². The van der Waals surface area contributed by atoms with Gasteiger partial charge in [0.15, 0.2) is 0 Å². The molecule has 2 aromatic rings. The minimum absolute atomic E-state index is 0.145. The normalized spacial score (nSPS) is 12.9. The Kier molecular flexibility index (Phi) is 18.9. The van der Waals surface area contributed by atoms with Gasteiger partial charge in [0.2, 0.25) is 0 Å². The van der Waals surface area contributed by atoms with E-state index in [0.717, 1.165) is 48.6 Å². The summed E-state index contributed by atoms with van der Waals surface area (Å²) in [6.07, 6.45) is 5.92. The molecule has 8 heteroatoms. The Morgan fingerprint density at radius 2 is 1.76 bits per heavy atom. The second-order valence-electron chi connectivity index (χ2n) is 5.84. The Bertz CT molecular complexity index is 630. The second kappa shape index (κ2) is 19.0. The number of carbonyl (C=O) groups excluding carboxylic acids is 3. The zero-order valence-corrected chi connectivity index (χ0v) is 19.3. The number of nitrogens with zero attached hydrogens (tertiary/aromatic N) is 3. The number of H-pyrrole nitrogens is 1. The summed E-state index contributed by atoms with van der Waals surface area (Å²) in [5.74, 6) is 0.145. The predicted octanol–water partition coefficient (Wildman–Crippen LogP) is 3.99. The van der Waals surface area contributed by atoms with Crippen LogP contribution in [0.2, 0.25) is 0 Å². The summed E-state index contributed by atoms with van der Waals surface area (Å²) in [6.45, 7) is 15.9. The third-order valence-corrected chi connectivity index (χ3v) is 4.62. The molecule has 2 aromatic heterocycles. The van der Waals surface area contributed by atoms with E-state index in [0.29, 0.717) is 0 Å². The molecule has 0 unspecified atom stereocenters. The number of carbonyl (C=O) groups is 3. The van der Waals surface area contributed by atoms with Gasteiger partial charge in [0.1, 0.15) is 13.6 Å². The summed E-state index contributed by atoms with van der Waals surface area (Å²) >= 11 is 1.59. The SMILES string of the molecule is C=O.C=O.CC.CCC.CN1CCCN(C(=O)c2csc(-c3cn[nH]c3)c2)CC1. The first-order valence-corrected chi connectivity index (χ1v) is 10.7. The minimum atomic E-state index is 0.145. The van der Waals surface area contributed by atoms with Gasteiger partial charge in [-0.2, -0.15) is 5.10 Å². The van der Waals surface area contributed by atoms with Crippen molar-refractivity contribution in [1.29, 1.82) is 0 Å². The van der Waals surface area contributed by atoms with E-state index in [2.05, 4.69) is 36.0 Å². The van der Waals surface area contributed by atoms with E-state index >= 15 is 0 Å². The lowest BCUT2D eigenvalue weighted by molar-refractivity contribution is -0.0987. The Hall–Kier alpha value is -2.32. The van der Waals surface area contributed by atoms with Crippen LogP contribution in [0.15, 0.2) is 23.8 Å². The van der Waals surface area contributed by atoms with Crippen LogP contribution >= 0.6 is 11.3 Å². The number of nitrogens with one attached hydrogen (secondary N) is 1. The third-order valence-electron chi connectivity index (χ3n) is 3.64. The van der Waals surface area contributed by atoms with Gasteiger partial charge in [-0.3, -0.25) is 9.89 Å². The van der Waals surface area contributed by atoms with Crippen molar-refractivity contribution in [2.45, 2.75) is 40.5 Å². The van der Waals surface area contributed by atoms with Crippen molar-refractivity contribution in [3.8, 4) is 10.4 Å². The number of amides is 1. The van der Waals surface area contributed by atoms with Crippen LogP contribution in [-0.2, 0) is 9.59 Å². The monoisotopic (exact) mass is 424 g/mol. The molecule has 1 aliphatic heterocycles. The molecule has 0 radical (unpaired) electrons. The first-order chi connectivity index (χ1) is 14.2. The topological polar surface area (TPSA) is 86.4 Å². The van der Waals surface area contributed by atoms with Gasteiger partial charge in [-0.1, -0.05) is 34.1 Å². The van der Waals surface area contributed by atoms with Crippen molar-refractivity contribution in [2.24, 2.45) is 0 Å². The fourth-order valence-electron chi connectivity index (χ4n) is 2.42. The zero-order valence-electron chi connectivity index (χ0n) is 18.4. The van der Waals surface area contributed by atoms with Crippen molar-refractivity contribution < 1.29 is 14.4 Å². The molecule has 1 amide bonds. The van der Waals surface area contributed by atoms with Crippen molar-refractivity contribution in [3.05, 3.63) is 29.4 Å². The van der Waals surface area contributed by atoms with Crippen LogP contribution in [0.5, 0.6) is 0 Å². The Morgan fingerprint density at radius 3 is 2.31 bits per heavy atom. The van der Waals surface area contributed by atoms with E-state index in [-0.39, 0.29) is 5.91 Å². The fourth-order valence-corrected chi connectivity index (χ4v) is 3.28. The van der Waals surface area contributed by atoms with E-state index in [1.165, 1.54) is 6.42 Å². The number of rotatable bonds is 2. The number of aromatic amines is 1. The molecule has 1 fully saturated rings. The van der Waals surface area contributed by atoms with Gasteiger partial charge in [0.25, 0.3) is 5.91 Å². The first kappa shape index (κ1) is 28.9. The quantitative estimate of drug-likeness (QED) is 0.788. The Labute approximate surface area is 179 Å². The van der Waals surface area contributed by atoms with Crippen LogP contribution in [0.1, 0.15) is 50.9 Å². The lowest BCUT2D eigenvalue weighted by atomic mass is 10.2. The van der Waals surface area contributed by atoms with Crippen LogP contribution < -0.4 is 0 Å². The lowest BCUT2D eigenvalue weighted by Crippen LogP contribution is -2.34. The van der Waals surface area contributed by atoms with Gasteiger partial charge in [0.05, 0.1) is 11.8 Å². The zero-order chi connectivity index (χ0) is 22.7. The Morgan fingerprint density at radius 1 is 1.14 bits per heavy atom. The number of thiophene rings is 1. The van der Waals surface area contributed by atoms with E-state index in [9.17, 15) is 4.79 Å². The van der Waals surface area contributed by atoms with Crippen LogP contribution in [-0.4, -0.2) is 72.7 Å². The second-order valence-corrected chi connectivity index (χ2v) is 6.75. The molecular formula is C21H36N4O3S. The average Bonchev–Trinajstić information content (AvgIpc) is 3.43. The maximum Gasteiger partial charge on any atom is 0.254 e. The van der Waals surface area contributed by atoms with Gasteiger partial charge in [-0.15, -0.1) is 11.3 Å². The highest BCUT2D eigenvalue weighted by molar-refractivity contribution is 7.13. The highest BCUT2D eigenvalue weighted by Crippen LogP contribution is 2.27. The predicted molar refractivity (Wildman–Crippen MR) is 121 cm³/mol. The molecule has 0 atom stereocenters. The molecule has 0 spiro atoms. The summed E-state index contributed by atoms with van der Waals surface area (Å²) in [5, 5.41) is 8.69. The van der Waals surface area contributed by atoms with Crippen molar-refractivity contribution in [2.75, 3.05) is 33.2 Å². The van der Waals surface area contributed by atoms with Gasteiger partial charge in [0, 0.05) is 41.7 Å². The van der Waals surface area contributed by atoms with Crippen molar-refractivity contribution in [3.63, 3.8) is 0 Å². The molecule has 1 N–H and O–H groups in total. The molecular weight excluding hydrogens is 388 g/mol. The van der Waals surface area contributed by atoms with E-state index in [4.69, 9.17) is 9.59 Å². The Balaban J connectivity index is 0. The van der Waals surface area contributed by atoms with Crippen molar-refractivity contribution in [1.82, 2.24) is 20.0 Å². The molecule has 29 heavy (non-hydrogen) atoms. The molecule has 0 aromatic carbocycles. The lowest BCUT2D eigenvalue weighted by Gasteiger charge is -2.19. The standard InChI is InChI=1S/C14H18N4OS.C3H8.C2H6.2CH2O/c1-17-3-2-4-18(6-5-17)14(19)11-7-13(20-10-11)12-8-15-16-9-12;1-3-2;3*1-2/h7-10H,2-6H2,1H3,(H,15,16);3H2,1-2H3;1-2H3;2*1H2. The fraction of sp³-hybridized carbons (Fsp3) is 0.524. The van der Waals surface area contributed by atoms with Gasteiger partial charge < -0.3 is 19.4 Å². The van der Waals surface area contributed by atoms with Crippen molar-refractivity contribution >= 4 is 30.8 Å². The molecule has 0 bridgehead atoms. The maximum atomic E-state index is 12.5. The van der Waals surface area contributed by atoms with Gasteiger partial charge >= 0.3 is 0 Å². The van der Waals surface area contributed by atoms with E-state index in [1.54, 1.807) is 17.5 Å². The summed E-state index contributed by atoms with van der Waals surface area (Å²) in [5.41, 5.74) is 1.82. The van der Waals surface area contributed by atoms with E-state index in [1.807, 2.05) is 50.0 Å². The highest BCUT2D eigenvalue weighted by Gasteiger charge is 2.20. The average molecular weight is 425 g/mol. The number of hydrogen-bond acceptors (Lipinski definition) is 6. The molecule has 3 heterocycles. The summed E-state index contributed by atoms with van der Waals surface area (Å²) in [4.78, 5) is 33.8. The molecule has 164 valence electrons. The van der Waals surface area contributed by atoms with Crippen LogP contribution in [0, 0.1) is 0 Å². The minimum Gasteiger partial charge on any atom is -0.337 e. The first-order valence-electron chi connectivity index (χ1n) is 9.79. The summed E-state index contributed by atoms with van der Waals surface area (Å²) < 4.78 is 0. The van der Waals surface area contributed by atoms with Gasteiger partial charge in [-0.05, 0) is 26.1 Å². The number of likely N-dealkylation sites (N-methyl/N-ethyl adjacent to an activating group) is 1. The summed E-state index contributed by atoms with van der Waals surface area (Å²) in [7, 11) is 2.11. The smallest absolute Gasteiger partial charge is 0.254 e. The third kappa shape index (κ3) is 10.7.